The molecule has 0 aliphatic rings. The molecule has 0 radical (unpaired) electrons. The first-order valence-corrected chi connectivity index (χ1v) is 8.57. The average molecular weight is 359 g/mol. The van der Waals surface area contributed by atoms with Gasteiger partial charge in [0, 0.05) is 27.6 Å². The SMILES string of the molecule is O/C(=C\c1nc(-c2ccccc2)nc2ccccc12)c1ccc(Cl)cc1. The summed E-state index contributed by atoms with van der Waals surface area (Å²) in [6.45, 7) is 0. The average Bonchev–Trinajstić information content (AvgIpc) is 2.69. The zero-order valence-corrected chi connectivity index (χ0v) is 14.6. The lowest BCUT2D eigenvalue weighted by Crippen LogP contribution is -1.95. The van der Waals surface area contributed by atoms with Crippen molar-refractivity contribution in [1.29, 1.82) is 0 Å². The Kier molecular flexibility index (Phi) is 4.38. The number of nitrogens with zero attached hydrogens (tertiary/aromatic N) is 2. The Balaban J connectivity index is 1.88. The number of benzene rings is 3. The molecule has 0 fully saturated rings. The Morgan fingerprint density at radius 2 is 1.50 bits per heavy atom. The fraction of sp³-hybridized carbons (Fsp3) is 0. The maximum atomic E-state index is 10.5. The van der Waals surface area contributed by atoms with Crippen LogP contribution in [-0.4, -0.2) is 15.1 Å². The van der Waals surface area contributed by atoms with Crippen LogP contribution in [0.15, 0.2) is 78.9 Å². The molecule has 4 aromatic rings. The summed E-state index contributed by atoms with van der Waals surface area (Å²) in [6, 6.07) is 24.6. The molecule has 1 N–H and O–H groups in total. The molecule has 4 rings (SSSR count). The number of rotatable bonds is 3. The van der Waals surface area contributed by atoms with Gasteiger partial charge in [-0.25, -0.2) is 9.97 Å². The first kappa shape index (κ1) is 16.3. The Morgan fingerprint density at radius 1 is 0.808 bits per heavy atom. The normalized spacial score (nSPS) is 11.7. The summed E-state index contributed by atoms with van der Waals surface area (Å²) in [5.74, 6) is 0.754. The first-order chi connectivity index (χ1) is 12.7. The van der Waals surface area contributed by atoms with Gasteiger partial charge in [-0.05, 0) is 30.3 Å². The van der Waals surface area contributed by atoms with Gasteiger partial charge in [-0.3, -0.25) is 0 Å². The van der Waals surface area contributed by atoms with Crippen LogP contribution < -0.4 is 0 Å². The minimum atomic E-state index is 0.129. The number of aromatic nitrogens is 2. The van der Waals surface area contributed by atoms with Crippen molar-refractivity contribution >= 4 is 34.3 Å². The van der Waals surface area contributed by atoms with Crippen LogP contribution in [0.5, 0.6) is 0 Å². The van der Waals surface area contributed by atoms with E-state index in [1.807, 2.05) is 54.6 Å². The molecule has 3 nitrogen and oxygen atoms in total. The van der Waals surface area contributed by atoms with E-state index in [1.165, 1.54) is 0 Å². The van der Waals surface area contributed by atoms with Gasteiger partial charge in [0.05, 0.1) is 11.2 Å². The number of fused-ring (bicyclic) bond motifs is 1. The summed E-state index contributed by atoms with van der Waals surface area (Å²) in [4.78, 5) is 9.34. The fourth-order valence-corrected chi connectivity index (χ4v) is 2.89. The third-order valence-electron chi connectivity index (χ3n) is 4.08. The molecule has 0 bridgehead atoms. The Morgan fingerprint density at radius 3 is 2.27 bits per heavy atom. The van der Waals surface area contributed by atoms with Gasteiger partial charge in [0.2, 0.25) is 0 Å². The van der Waals surface area contributed by atoms with Crippen molar-refractivity contribution in [3.05, 3.63) is 95.1 Å². The maximum Gasteiger partial charge on any atom is 0.160 e. The highest BCUT2D eigenvalue weighted by molar-refractivity contribution is 6.30. The molecule has 0 unspecified atom stereocenters. The molecule has 4 heteroatoms. The van der Waals surface area contributed by atoms with Crippen molar-refractivity contribution in [2.24, 2.45) is 0 Å². The minimum absolute atomic E-state index is 0.129. The smallest absolute Gasteiger partial charge is 0.160 e. The molecule has 0 saturated heterocycles. The lowest BCUT2D eigenvalue weighted by atomic mass is 10.1. The Hall–Kier alpha value is -3.17. The largest absolute Gasteiger partial charge is 0.507 e. The van der Waals surface area contributed by atoms with Gasteiger partial charge in [-0.15, -0.1) is 0 Å². The van der Waals surface area contributed by atoms with Crippen molar-refractivity contribution in [3.8, 4) is 11.4 Å². The van der Waals surface area contributed by atoms with Crippen molar-refractivity contribution in [2.75, 3.05) is 0 Å². The third-order valence-corrected chi connectivity index (χ3v) is 4.33. The fourth-order valence-electron chi connectivity index (χ4n) is 2.76. The van der Waals surface area contributed by atoms with Crippen LogP contribution in [0.3, 0.4) is 0 Å². The topological polar surface area (TPSA) is 46.0 Å². The highest BCUT2D eigenvalue weighted by Gasteiger charge is 2.09. The van der Waals surface area contributed by atoms with Gasteiger partial charge in [-0.1, -0.05) is 60.1 Å². The molecule has 126 valence electrons. The third kappa shape index (κ3) is 3.30. The monoisotopic (exact) mass is 358 g/mol. The molecule has 3 aromatic carbocycles. The lowest BCUT2D eigenvalue weighted by Gasteiger charge is -2.07. The Labute approximate surface area is 156 Å². The van der Waals surface area contributed by atoms with Crippen molar-refractivity contribution in [1.82, 2.24) is 9.97 Å². The van der Waals surface area contributed by atoms with Gasteiger partial charge < -0.3 is 5.11 Å². The standard InChI is InChI=1S/C22H15ClN2O/c23-17-12-10-15(11-13-17)21(26)14-20-18-8-4-5-9-19(18)24-22(25-20)16-6-2-1-3-7-16/h1-14,26H/b21-14-. The van der Waals surface area contributed by atoms with E-state index in [-0.39, 0.29) is 5.76 Å². The van der Waals surface area contributed by atoms with E-state index in [0.717, 1.165) is 16.5 Å². The second kappa shape index (κ2) is 6.98. The van der Waals surface area contributed by atoms with E-state index in [2.05, 4.69) is 9.97 Å². The first-order valence-electron chi connectivity index (χ1n) is 8.19. The zero-order valence-electron chi connectivity index (χ0n) is 13.8. The van der Waals surface area contributed by atoms with E-state index < -0.39 is 0 Å². The van der Waals surface area contributed by atoms with Crippen LogP contribution in [0, 0.1) is 0 Å². The number of aliphatic hydroxyl groups excluding tert-OH is 1. The van der Waals surface area contributed by atoms with Gasteiger partial charge in [-0.2, -0.15) is 0 Å². The van der Waals surface area contributed by atoms with E-state index in [0.29, 0.717) is 22.1 Å². The van der Waals surface area contributed by atoms with Gasteiger partial charge in [0.15, 0.2) is 5.82 Å². The molecule has 0 spiro atoms. The molecule has 0 aliphatic carbocycles. The maximum absolute atomic E-state index is 10.5. The zero-order chi connectivity index (χ0) is 17.9. The summed E-state index contributed by atoms with van der Waals surface area (Å²) in [5, 5.41) is 12.1. The number of aliphatic hydroxyl groups is 1. The molecule has 1 heterocycles. The van der Waals surface area contributed by atoms with Gasteiger partial charge in [0.25, 0.3) is 0 Å². The van der Waals surface area contributed by atoms with Gasteiger partial charge >= 0.3 is 0 Å². The molecule has 0 atom stereocenters. The van der Waals surface area contributed by atoms with Crippen LogP contribution in [-0.2, 0) is 0 Å². The van der Waals surface area contributed by atoms with Crippen LogP contribution >= 0.6 is 11.6 Å². The Bertz CT molecular complexity index is 1090. The van der Waals surface area contributed by atoms with E-state index in [4.69, 9.17) is 11.6 Å². The highest BCUT2D eigenvalue weighted by atomic mass is 35.5. The van der Waals surface area contributed by atoms with Crippen LogP contribution in [0.4, 0.5) is 0 Å². The van der Waals surface area contributed by atoms with E-state index in [1.54, 1.807) is 30.3 Å². The molecule has 0 amide bonds. The molecule has 0 saturated carbocycles. The number of hydrogen-bond acceptors (Lipinski definition) is 3. The predicted molar refractivity (Wildman–Crippen MR) is 107 cm³/mol. The van der Waals surface area contributed by atoms with Crippen LogP contribution in [0.25, 0.3) is 34.1 Å². The van der Waals surface area contributed by atoms with E-state index in [9.17, 15) is 5.11 Å². The predicted octanol–water partition coefficient (Wildman–Crippen LogP) is 6.01. The van der Waals surface area contributed by atoms with Crippen molar-refractivity contribution < 1.29 is 5.11 Å². The van der Waals surface area contributed by atoms with Crippen LogP contribution in [0.1, 0.15) is 11.3 Å². The molecule has 26 heavy (non-hydrogen) atoms. The van der Waals surface area contributed by atoms with Crippen LogP contribution in [0.2, 0.25) is 5.02 Å². The number of para-hydroxylation sites is 1. The minimum Gasteiger partial charge on any atom is -0.507 e. The summed E-state index contributed by atoms with van der Waals surface area (Å²) in [7, 11) is 0. The molecule has 1 aromatic heterocycles. The van der Waals surface area contributed by atoms with Gasteiger partial charge in [0.1, 0.15) is 5.76 Å². The summed E-state index contributed by atoms with van der Waals surface area (Å²) in [5.41, 5.74) is 3.11. The summed E-state index contributed by atoms with van der Waals surface area (Å²) < 4.78 is 0. The number of hydrogen-bond donors (Lipinski definition) is 1. The quantitative estimate of drug-likeness (QED) is 0.456. The molecule has 0 aliphatic heterocycles. The molecular weight excluding hydrogens is 344 g/mol. The van der Waals surface area contributed by atoms with Crippen molar-refractivity contribution in [2.45, 2.75) is 0 Å². The summed E-state index contributed by atoms with van der Waals surface area (Å²) in [6.07, 6.45) is 1.67. The molecular formula is C22H15ClN2O. The van der Waals surface area contributed by atoms with E-state index >= 15 is 0 Å². The second-order valence-corrected chi connectivity index (χ2v) is 6.29. The summed E-state index contributed by atoms with van der Waals surface area (Å²) >= 11 is 5.92. The van der Waals surface area contributed by atoms with Crippen molar-refractivity contribution in [3.63, 3.8) is 0 Å². The number of halogens is 1. The second-order valence-electron chi connectivity index (χ2n) is 5.85. The lowest BCUT2D eigenvalue weighted by molar-refractivity contribution is 0.515. The highest BCUT2D eigenvalue weighted by Crippen LogP contribution is 2.25.